The van der Waals surface area contributed by atoms with E-state index in [1.54, 1.807) is 30.3 Å². The molecule has 0 aliphatic carbocycles. The first-order chi connectivity index (χ1) is 13.0. The Labute approximate surface area is 156 Å². The van der Waals surface area contributed by atoms with Gasteiger partial charge < -0.3 is 10.5 Å². The molecule has 3 aromatic rings. The molecule has 134 valence electrons. The minimum Gasteiger partial charge on any atom is -0.456 e. The summed E-state index contributed by atoms with van der Waals surface area (Å²) < 4.78 is 18.7. The van der Waals surface area contributed by atoms with Gasteiger partial charge in [-0.2, -0.15) is 0 Å². The summed E-state index contributed by atoms with van der Waals surface area (Å²) in [5, 5.41) is 0. The zero-order valence-corrected chi connectivity index (χ0v) is 14.5. The summed E-state index contributed by atoms with van der Waals surface area (Å²) in [4.78, 5) is 16.1. The Bertz CT molecular complexity index is 990. The standard InChI is InChI=1S/C22H17FN2O2/c1-2-20-21(11-12-25-22(20)24)27-19-9-5-16(6-10-19)14-18(26)13-15-3-7-17(23)8-4-15/h1,3-12H,13-14H2,(H2,24,25). The molecule has 27 heavy (non-hydrogen) atoms. The quantitative estimate of drug-likeness (QED) is 0.677. The Morgan fingerprint density at radius 2 is 1.63 bits per heavy atom. The molecule has 0 saturated heterocycles. The second kappa shape index (κ2) is 8.15. The fourth-order valence-corrected chi connectivity index (χ4v) is 2.61. The van der Waals surface area contributed by atoms with Gasteiger partial charge in [-0.25, -0.2) is 9.37 Å². The van der Waals surface area contributed by atoms with Gasteiger partial charge in [0.25, 0.3) is 0 Å². The maximum Gasteiger partial charge on any atom is 0.148 e. The van der Waals surface area contributed by atoms with Crippen LogP contribution in [-0.4, -0.2) is 10.8 Å². The van der Waals surface area contributed by atoms with E-state index in [1.165, 1.54) is 18.3 Å². The van der Waals surface area contributed by atoms with E-state index in [9.17, 15) is 9.18 Å². The van der Waals surface area contributed by atoms with Crippen LogP contribution < -0.4 is 10.5 Å². The molecule has 1 aromatic heterocycles. The molecule has 0 fully saturated rings. The van der Waals surface area contributed by atoms with Gasteiger partial charge >= 0.3 is 0 Å². The number of benzene rings is 2. The van der Waals surface area contributed by atoms with Gasteiger partial charge in [-0.1, -0.05) is 30.2 Å². The van der Waals surface area contributed by atoms with Crippen molar-refractivity contribution in [3.63, 3.8) is 0 Å². The van der Waals surface area contributed by atoms with Crippen molar-refractivity contribution in [2.75, 3.05) is 5.73 Å². The molecule has 5 heteroatoms. The van der Waals surface area contributed by atoms with Crippen LogP contribution in [0.25, 0.3) is 0 Å². The smallest absolute Gasteiger partial charge is 0.148 e. The van der Waals surface area contributed by atoms with Crippen molar-refractivity contribution in [1.29, 1.82) is 0 Å². The Morgan fingerprint density at radius 1 is 1.04 bits per heavy atom. The van der Waals surface area contributed by atoms with Gasteiger partial charge in [0.2, 0.25) is 0 Å². The van der Waals surface area contributed by atoms with Crippen LogP contribution in [0.15, 0.2) is 60.8 Å². The lowest BCUT2D eigenvalue weighted by Crippen LogP contribution is -2.06. The maximum atomic E-state index is 12.9. The van der Waals surface area contributed by atoms with E-state index in [0.717, 1.165) is 11.1 Å². The fraction of sp³-hybridized carbons (Fsp3) is 0.0909. The van der Waals surface area contributed by atoms with Crippen LogP contribution in [-0.2, 0) is 17.6 Å². The Hall–Kier alpha value is -3.65. The first-order valence-electron chi connectivity index (χ1n) is 8.29. The maximum absolute atomic E-state index is 12.9. The summed E-state index contributed by atoms with van der Waals surface area (Å²) in [7, 11) is 0. The molecule has 0 spiro atoms. The Balaban J connectivity index is 1.64. The Morgan fingerprint density at radius 3 is 2.22 bits per heavy atom. The molecule has 0 amide bonds. The minimum atomic E-state index is -0.314. The monoisotopic (exact) mass is 360 g/mol. The fourth-order valence-electron chi connectivity index (χ4n) is 2.61. The number of nitrogen functional groups attached to an aromatic ring is 1. The topological polar surface area (TPSA) is 65.2 Å². The SMILES string of the molecule is C#Cc1c(Oc2ccc(CC(=O)Cc3ccc(F)cc3)cc2)ccnc1N. The highest BCUT2D eigenvalue weighted by atomic mass is 19.1. The number of Topliss-reactive ketones (excluding diaryl/α,β-unsaturated/α-hetero) is 1. The Kier molecular flexibility index (Phi) is 5.48. The number of carbonyl (C=O) groups is 1. The van der Waals surface area contributed by atoms with Gasteiger partial charge in [0.1, 0.15) is 34.5 Å². The largest absolute Gasteiger partial charge is 0.456 e. The number of halogens is 1. The van der Waals surface area contributed by atoms with E-state index in [1.807, 2.05) is 12.1 Å². The molecule has 3 rings (SSSR count). The first-order valence-corrected chi connectivity index (χ1v) is 8.29. The summed E-state index contributed by atoms with van der Waals surface area (Å²) in [6, 6.07) is 14.7. The lowest BCUT2D eigenvalue weighted by molar-refractivity contribution is -0.117. The van der Waals surface area contributed by atoms with E-state index in [0.29, 0.717) is 17.1 Å². The molecule has 0 radical (unpaired) electrons. The number of ether oxygens (including phenoxy) is 1. The van der Waals surface area contributed by atoms with Gasteiger partial charge in [-0.05, 0) is 35.4 Å². The van der Waals surface area contributed by atoms with Crippen LogP contribution in [0.3, 0.4) is 0 Å². The van der Waals surface area contributed by atoms with Crippen molar-refractivity contribution < 1.29 is 13.9 Å². The summed E-state index contributed by atoms with van der Waals surface area (Å²) in [6.45, 7) is 0. The molecule has 0 aliphatic heterocycles. The molecule has 4 nitrogen and oxygen atoms in total. The van der Waals surface area contributed by atoms with Gasteiger partial charge in [0.15, 0.2) is 0 Å². The third-order valence-corrected chi connectivity index (χ3v) is 3.95. The van der Waals surface area contributed by atoms with Crippen LogP contribution in [0.2, 0.25) is 0 Å². The minimum absolute atomic E-state index is 0.0480. The normalized spacial score (nSPS) is 10.2. The molecule has 0 saturated carbocycles. The zero-order valence-electron chi connectivity index (χ0n) is 14.5. The number of hydrogen-bond acceptors (Lipinski definition) is 4. The predicted molar refractivity (Wildman–Crippen MR) is 102 cm³/mol. The van der Waals surface area contributed by atoms with Crippen molar-refractivity contribution in [2.24, 2.45) is 0 Å². The second-order valence-corrected chi connectivity index (χ2v) is 5.98. The number of hydrogen-bond donors (Lipinski definition) is 1. The summed E-state index contributed by atoms with van der Waals surface area (Å²) in [6.07, 6.45) is 7.52. The molecule has 0 atom stereocenters. The lowest BCUT2D eigenvalue weighted by Gasteiger charge is -2.09. The second-order valence-electron chi connectivity index (χ2n) is 5.98. The highest BCUT2D eigenvalue weighted by Crippen LogP contribution is 2.27. The van der Waals surface area contributed by atoms with Gasteiger partial charge in [0, 0.05) is 25.1 Å². The van der Waals surface area contributed by atoms with E-state index >= 15 is 0 Å². The van der Waals surface area contributed by atoms with Crippen LogP contribution >= 0.6 is 0 Å². The van der Waals surface area contributed by atoms with Crippen LogP contribution in [0.4, 0.5) is 10.2 Å². The molecule has 2 aromatic carbocycles. The highest BCUT2D eigenvalue weighted by Gasteiger charge is 2.09. The molecule has 0 aliphatic rings. The summed E-state index contributed by atoms with van der Waals surface area (Å²) in [5.74, 6) is 3.46. The number of aromatic nitrogens is 1. The van der Waals surface area contributed by atoms with Crippen LogP contribution in [0.1, 0.15) is 16.7 Å². The average Bonchev–Trinajstić information content (AvgIpc) is 2.65. The molecular weight excluding hydrogens is 343 g/mol. The summed E-state index contributed by atoms with van der Waals surface area (Å²) >= 11 is 0. The number of ketones is 1. The van der Waals surface area contributed by atoms with E-state index in [2.05, 4.69) is 10.9 Å². The van der Waals surface area contributed by atoms with Crippen LogP contribution in [0.5, 0.6) is 11.5 Å². The molecular formula is C22H17FN2O2. The number of anilines is 1. The van der Waals surface area contributed by atoms with E-state index in [-0.39, 0.29) is 30.3 Å². The third kappa shape index (κ3) is 4.71. The van der Waals surface area contributed by atoms with Crippen molar-refractivity contribution in [1.82, 2.24) is 4.98 Å². The van der Waals surface area contributed by atoms with Gasteiger partial charge in [0.05, 0.1) is 0 Å². The summed E-state index contributed by atoms with van der Waals surface area (Å²) in [5.41, 5.74) is 7.80. The first kappa shape index (κ1) is 18.2. The molecule has 0 unspecified atom stereocenters. The molecule has 2 N–H and O–H groups in total. The number of rotatable bonds is 6. The van der Waals surface area contributed by atoms with Crippen LogP contribution in [0, 0.1) is 18.2 Å². The molecule has 0 bridgehead atoms. The third-order valence-electron chi connectivity index (χ3n) is 3.95. The highest BCUT2D eigenvalue weighted by molar-refractivity contribution is 5.83. The number of nitrogens with zero attached hydrogens (tertiary/aromatic N) is 1. The van der Waals surface area contributed by atoms with Gasteiger partial charge in [-0.15, -0.1) is 6.42 Å². The number of pyridine rings is 1. The number of terminal acetylenes is 1. The van der Waals surface area contributed by atoms with E-state index in [4.69, 9.17) is 16.9 Å². The van der Waals surface area contributed by atoms with E-state index < -0.39 is 0 Å². The van der Waals surface area contributed by atoms with Crippen molar-refractivity contribution in [3.05, 3.63) is 83.3 Å². The average molecular weight is 360 g/mol. The predicted octanol–water partition coefficient (Wildman–Crippen LogP) is 3.93. The van der Waals surface area contributed by atoms with Crippen molar-refractivity contribution >= 4 is 11.6 Å². The number of carbonyl (C=O) groups excluding carboxylic acids is 1. The van der Waals surface area contributed by atoms with Crippen molar-refractivity contribution in [3.8, 4) is 23.8 Å². The van der Waals surface area contributed by atoms with Crippen molar-refractivity contribution in [2.45, 2.75) is 12.8 Å². The zero-order chi connectivity index (χ0) is 19.2. The molecule has 1 heterocycles. The number of nitrogens with two attached hydrogens (primary N) is 1. The van der Waals surface area contributed by atoms with Gasteiger partial charge in [-0.3, -0.25) is 4.79 Å². The lowest BCUT2D eigenvalue weighted by atomic mass is 10.0.